The van der Waals surface area contributed by atoms with Crippen molar-refractivity contribution in [3.05, 3.63) is 35.4 Å². The standard InChI is InChI=1S/C22H34N2O2/c1-7-16-10-15-20(22(25)26-6)19(8-2)21(16)24(9-3)18-13-11-17(12-14-18)23(4)5/h7,10,15,17-18H,1,8-9,11-14H2,2-6H3. The summed E-state index contributed by atoms with van der Waals surface area (Å²) in [6.07, 6.45) is 7.50. The molecule has 26 heavy (non-hydrogen) atoms. The molecular weight excluding hydrogens is 324 g/mol. The molecule has 0 bridgehead atoms. The SMILES string of the molecule is C=Cc1ccc(C(=O)OC)c(CC)c1N(CC)C1CCC(N(C)C)CC1. The monoisotopic (exact) mass is 358 g/mol. The van der Waals surface area contributed by atoms with Crippen LogP contribution >= 0.6 is 0 Å². The summed E-state index contributed by atoms with van der Waals surface area (Å²) in [6, 6.07) is 5.06. The quantitative estimate of drug-likeness (QED) is 0.677. The van der Waals surface area contributed by atoms with Crippen molar-refractivity contribution in [1.29, 1.82) is 0 Å². The topological polar surface area (TPSA) is 32.8 Å². The molecular formula is C22H34N2O2. The Kier molecular flexibility index (Phi) is 7.27. The van der Waals surface area contributed by atoms with Gasteiger partial charge in [-0.15, -0.1) is 0 Å². The van der Waals surface area contributed by atoms with Gasteiger partial charge in [-0.2, -0.15) is 0 Å². The highest BCUT2D eigenvalue weighted by molar-refractivity contribution is 5.94. The number of rotatable bonds is 7. The fraction of sp³-hybridized carbons (Fsp3) is 0.591. The summed E-state index contributed by atoms with van der Waals surface area (Å²) in [5.74, 6) is -0.258. The predicted molar refractivity (Wildman–Crippen MR) is 110 cm³/mol. The largest absolute Gasteiger partial charge is 0.465 e. The van der Waals surface area contributed by atoms with Crippen LogP contribution in [0.25, 0.3) is 6.08 Å². The van der Waals surface area contributed by atoms with E-state index in [1.165, 1.54) is 38.5 Å². The number of carbonyl (C=O) groups is 1. The lowest BCUT2D eigenvalue weighted by Crippen LogP contribution is -2.43. The van der Waals surface area contributed by atoms with Crippen LogP contribution in [0.3, 0.4) is 0 Å². The molecule has 2 rings (SSSR count). The summed E-state index contributed by atoms with van der Waals surface area (Å²) < 4.78 is 5.02. The van der Waals surface area contributed by atoms with E-state index in [2.05, 4.69) is 44.3 Å². The molecule has 1 saturated carbocycles. The first kappa shape index (κ1) is 20.5. The van der Waals surface area contributed by atoms with Crippen LogP contribution in [0, 0.1) is 0 Å². The van der Waals surface area contributed by atoms with E-state index < -0.39 is 0 Å². The van der Waals surface area contributed by atoms with E-state index in [1.54, 1.807) is 0 Å². The molecule has 0 unspecified atom stereocenters. The van der Waals surface area contributed by atoms with Crippen molar-refractivity contribution in [1.82, 2.24) is 4.90 Å². The molecule has 0 heterocycles. The average molecular weight is 359 g/mol. The maximum absolute atomic E-state index is 12.3. The highest BCUT2D eigenvalue weighted by atomic mass is 16.5. The lowest BCUT2D eigenvalue weighted by molar-refractivity contribution is 0.0599. The molecule has 1 aromatic carbocycles. The zero-order chi connectivity index (χ0) is 19.3. The molecule has 1 fully saturated rings. The molecule has 0 aromatic heterocycles. The summed E-state index contributed by atoms with van der Waals surface area (Å²) in [5, 5.41) is 0. The molecule has 0 saturated heterocycles. The Morgan fingerprint density at radius 3 is 2.27 bits per heavy atom. The molecule has 144 valence electrons. The van der Waals surface area contributed by atoms with Crippen LogP contribution in [0.2, 0.25) is 0 Å². The number of hydrogen-bond donors (Lipinski definition) is 0. The molecule has 1 aliphatic carbocycles. The molecule has 0 atom stereocenters. The highest BCUT2D eigenvalue weighted by Crippen LogP contribution is 2.36. The molecule has 0 aliphatic heterocycles. The van der Waals surface area contributed by atoms with Crippen molar-refractivity contribution in [3.8, 4) is 0 Å². The van der Waals surface area contributed by atoms with Crippen molar-refractivity contribution in [2.24, 2.45) is 0 Å². The molecule has 0 spiro atoms. The van der Waals surface area contributed by atoms with Crippen molar-refractivity contribution >= 4 is 17.7 Å². The number of esters is 1. The molecule has 0 amide bonds. The zero-order valence-corrected chi connectivity index (χ0v) is 17.0. The van der Waals surface area contributed by atoms with Crippen molar-refractivity contribution in [2.45, 2.75) is 58.0 Å². The fourth-order valence-corrected chi connectivity index (χ4v) is 4.30. The maximum atomic E-state index is 12.3. The first-order valence-corrected chi connectivity index (χ1v) is 9.78. The van der Waals surface area contributed by atoms with Gasteiger partial charge in [-0.05, 0) is 70.3 Å². The molecule has 0 radical (unpaired) electrons. The van der Waals surface area contributed by atoms with Gasteiger partial charge in [0.15, 0.2) is 0 Å². The number of nitrogens with zero attached hydrogens (tertiary/aromatic N) is 2. The van der Waals surface area contributed by atoms with Crippen LogP contribution in [0.1, 0.15) is 61.0 Å². The third-order valence-electron chi connectivity index (χ3n) is 5.76. The van der Waals surface area contributed by atoms with Crippen LogP contribution in [-0.2, 0) is 11.2 Å². The summed E-state index contributed by atoms with van der Waals surface area (Å²) >= 11 is 0. The lowest BCUT2D eigenvalue weighted by atomic mass is 9.88. The minimum atomic E-state index is -0.258. The first-order valence-electron chi connectivity index (χ1n) is 9.78. The smallest absolute Gasteiger partial charge is 0.338 e. The van der Waals surface area contributed by atoms with Gasteiger partial charge in [-0.1, -0.05) is 25.6 Å². The van der Waals surface area contributed by atoms with Gasteiger partial charge < -0.3 is 14.5 Å². The summed E-state index contributed by atoms with van der Waals surface area (Å²) in [6.45, 7) is 9.25. The van der Waals surface area contributed by atoms with E-state index in [4.69, 9.17) is 4.74 Å². The summed E-state index contributed by atoms with van der Waals surface area (Å²) in [5.41, 5.74) is 4.02. The third-order valence-corrected chi connectivity index (χ3v) is 5.76. The Bertz CT molecular complexity index is 631. The van der Waals surface area contributed by atoms with Gasteiger partial charge in [0.1, 0.15) is 0 Å². The maximum Gasteiger partial charge on any atom is 0.338 e. The molecule has 4 heteroatoms. The van der Waals surface area contributed by atoms with Crippen molar-refractivity contribution in [2.75, 3.05) is 32.6 Å². The van der Waals surface area contributed by atoms with Gasteiger partial charge in [-0.3, -0.25) is 0 Å². The second-order valence-electron chi connectivity index (χ2n) is 7.29. The van der Waals surface area contributed by atoms with Crippen LogP contribution in [-0.4, -0.2) is 50.7 Å². The minimum Gasteiger partial charge on any atom is -0.465 e. The number of carbonyl (C=O) groups excluding carboxylic acids is 1. The Balaban J connectivity index is 2.43. The van der Waals surface area contributed by atoms with Crippen molar-refractivity contribution < 1.29 is 9.53 Å². The van der Waals surface area contributed by atoms with Gasteiger partial charge in [0, 0.05) is 24.3 Å². The zero-order valence-electron chi connectivity index (χ0n) is 17.0. The Hall–Kier alpha value is -1.81. The summed E-state index contributed by atoms with van der Waals surface area (Å²) in [7, 11) is 5.80. The highest BCUT2D eigenvalue weighted by Gasteiger charge is 2.29. The summed E-state index contributed by atoms with van der Waals surface area (Å²) in [4.78, 5) is 17.1. The molecule has 4 nitrogen and oxygen atoms in total. The molecule has 1 aliphatic rings. The Morgan fingerprint density at radius 2 is 1.81 bits per heavy atom. The molecule has 0 N–H and O–H groups in total. The minimum absolute atomic E-state index is 0.258. The van der Waals surface area contributed by atoms with Crippen LogP contribution in [0.4, 0.5) is 5.69 Å². The number of ether oxygens (including phenoxy) is 1. The van der Waals surface area contributed by atoms with E-state index in [0.717, 1.165) is 24.1 Å². The van der Waals surface area contributed by atoms with Crippen LogP contribution < -0.4 is 4.90 Å². The first-order chi connectivity index (χ1) is 12.5. The third kappa shape index (κ3) is 4.12. The fourth-order valence-electron chi connectivity index (χ4n) is 4.30. The predicted octanol–water partition coefficient (Wildman–Crippen LogP) is 4.38. The van der Waals surface area contributed by atoms with Crippen LogP contribution in [0.15, 0.2) is 18.7 Å². The number of methoxy groups -OCH3 is 1. The number of anilines is 1. The average Bonchev–Trinajstić information content (AvgIpc) is 2.67. The second-order valence-corrected chi connectivity index (χ2v) is 7.29. The van der Waals surface area contributed by atoms with Gasteiger partial charge in [0.2, 0.25) is 0 Å². The second kappa shape index (κ2) is 9.22. The Labute approximate surface area is 158 Å². The molecule has 1 aromatic rings. The van der Waals surface area contributed by atoms with E-state index in [0.29, 0.717) is 17.6 Å². The van der Waals surface area contributed by atoms with E-state index in [-0.39, 0.29) is 5.97 Å². The van der Waals surface area contributed by atoms with Gasteiger partial charge >= 0.3 is 5.97 Å². The van der Waals surface area contributed by atoms with E-state index >= 15 is 0 Å². The van der Waals surface area contributed by atoms with E-state index in [9.17, 15) is 4.79 Å². The van der Waals surface area contributed by atoms with Crippen LogP contribution in [0.5, 0.6) is 0 Å². The van der Waals surface area contributed by atoms with E-state index in [1.807, 2.05) is 18.2 Å². The van der Waals surface area contributed by atoms with Gasteiger partial charge in [-0.25, -0.2) is 4.79 Å². The van der Waals surface area contributed by atoms with Gasteiger partial charge in [0.25, 0.3) is 0 Å². The number of hydrogen-bond acceptors (Lipinski definition) is 4. The van der Waals surface area contributed by atoms with Crippen molar-refractivity contribution in [3.63, 3.8) is 0 Å². The Morgan fingerprint density at radius 1 is 1.19 bits per heavy atom. The normalized spacial score (nSPS) is 20.1. The lowest BCUT2D eigenvalue weighted by Gasteiger charge is -2.41. The van der Waals surface area contributed by atoms with Gasteiger partial charge in [0.05, 0.1) is 12.7 Å². The number of benzene rings is 1.